The van der Waals surface area contributed by atoms with Crippen molar-refractivity contribution in [3.63, 3.8) is 0 Å². The highest BCUT2D eigenvalue weighted by Gasteiger charge is 2.39. The second-order valence-corrected chi connectivity index (χ2v) is 5.63. The molecule has 2 bridgehead atoms. The maximum absolute atomic E-state index is 12.3. The molecule has 3 rings (SSSR count). The predicted octanol–water partition coefficient (Wildman–Crippen LogP) is 2.80. The molecule has 0 aliphatic heterocycles. The third kappa shape index (κ3) is 2.59. The van der Waals surface area contributed by atoms with Gasteiger partial charge in [-0.25, -0.2) is 0 Å². The van der Waals surface area contributed by atoms with Gasteiger partial charge in [0.15, 0.2) is 0 Å². The molecule has 104 valence electrons. The van der Waals surface area contributed by atoms with Gasteiger partial charge in [0.1, 0.15) is 0 Å². The Morgan fingerprint density at radius 2 is 1.65 bits per heavy atom. The van der Waals surface area contributed by atoms with E-state index in [2.05, 4.69) is 22.8 Å². The molecule has 1 fully saturated rings. The summed E-state index contributed by atoms with van der Waals surface area (Å²) in [5, 5.41) is 5.67. The number of hydrogen-bond donors (Lipinski definition) is 2. The van der Waals surface area contributed by atoms with E-state index < -0.39 is 0 Å². The van der Waals surface area contributed by atoms with Crippen molar-refractivity contribution in [1.82, 2.24) is 0 Å². The number of amides is 2. The maximum atomic E-state index is 12.3. The summed E-state index contributed by atoms with van der Waals surface area (Å²) in [6.07, 6.45) is 6.51. The summed E-state index contributed by atoms with van der Waals surface area (Å²) in [5.74, 6) is 1.13. The third-order valence-electron chi connectivity index (χ3n) is 4.09. The van der Waals surface area contributed by atoms with Crippen LogP contribution in [0.1, 0.15) is 19.8 Å². The molecular weight excluding hydrogens is 252 g/mol. The van der Waals surface area contributed by atoms with Gasteiger partial charge in [0.25, 0.3) is 0 Å². The second kappa shape index (κ2) is 5.12. The lowest BCUT2D eigenvalue weighted by atomic mass is 9.93. The van der Waals surface area contributed by atoms with Crippen LogP contribution in [-0.2, 0) is 9.59 Å². The van der Waals surface area contributed by atoms with Gasteiger partial charge in [-0.3, -0.25) is 9.59 Å². The van der Waals surface area contributed by atoms with E-state index >= 15 is 0 Å². The number of fused-ring (bicyclic) bond motifs is 2. The topological polar surface area (TPSA) is 58.2 Å². The average Bonchev–Trinajstić information content (AvgIpc) is 3.03. The van der Waals surface area contributed by atoms with Crippen LogP contribution in [0.3, 0.4) is 0 Å². The number of nitrogens with one attached hydrogen (secondary N) is 2. The van der Waals surface area contributed by atoms with Gasteiger partial charge in [0.05, 0.1) is 0 Å². The van der Waals surface area contributed by atoms with Crippen LogP contribution in [0.15, 0.2) is 36.4 Å². The Bertz CT molecular complexity index is 562. The fourth-order valence-electron chi connectivity index (χ4n) is 3.16. The second-order valence-electron chi connectivity index (χ2n) is 5.63. The molecule has 0 saturated heterocycles. The quantitative estimate of drug-likeness (QED) is 0.830. The number of benzene rings is 1. The van der Waals surface area contributed by atoms with E-state index in [4.69, 9.17) is 0 Å². The largest absolute Gasteiger partial charge is 0.326 e. The fraction of sp³-hybridized carbons (Fsp3) is 0.375. The first kappa shape index (κ1) is 12.9. The lowest BCUT2D eigenvalue weighted by Gasteiger charge is -2.17. The lowest BCUT2D eigenvalue weighted by molar-refractivity contribution is -0.120. The zero-order valence-electron chi connectivity index (χ0n) is 11.4. The average molecular weight is 270 g/mol. The van der Waals surface area contributed by atoms with Crippen LogP contribution >= 0.6 is 0 Å². The predicted molar refractivity (Wildman–Crippen MR) is 78.2 cm³/mol. The van der Waals surface area contributed by atoms with Gasteiger partial charge in [-0.2, -0.15) is 0 Å². The van der Waals surface area contributed by atoms with Gasteiger partial charge in [0.2, 0.25) is 11.8 Å². The van der Waals surface area contributed by atoms with Gasteiger partial charge in [-0.1, -0.05) is 12.2 Å². The van der Waals surface area contributed by atoms with E-state index in [1.165, 1.54) is 6.92 Å². The van der Waals surface area contributed by atoms with Crippen molar-refractivity contribution >= 4 is 23.2 Å². The van der Waals surface area contributed by atoms with Crippen molar-refractivity contribution in [3.8, 4) is 0 Å². The van der Waals surface area contributed by atoms with Gasteiger partial charge < -0.3 is 10.6 Å². The molecule has 3 atom stereocenters. The minimum Gasteiger partial charge on any atom is -0.326 e. The van der Waals surface area contributed by atoms with Crippen LogP contribution in [0.4, 0.5) is 11.4 Å². The van der Waals surface area contributed by atoms with Crippen molar-refractivity contribution in [3.05, 3.63) is 36.4 Å². The van der Waals surface area contributed by atoms with E-state index in [-0.39, 0.29) is 17.7 Å². The summed E-state index contributed by atoms with van der Waals surface area (Å²) in [5.41, 5.74) is 1.51. The summed E-state index contributed by atoms with van der Waals surface area (Å²) in [7, 11) is 0. The molecule has 1 aromatic carbocycles. The molecule has 1 aromatic rings. The van der Waals surface area contributed by atoms with Crippen molar-refractivity contribution < 1.29 is 9.59 Å². The summed E-state index contributed by atoms with van der Waals surface area (Å²) in [6, 6.07) is 7.20. The highest BCUT2D eigenvalue weighted by atomic mass is 16.2. The Balaban J connectivity index is 1.61. The molecule has 0 aromatic heterocycles. The van der Waals surface area contributed by atoms with Gasteiger partial charge in [-0.15, -0.1) is 0 Å². The molecule has 2 aliphatic carbocycles. The Labute approximate surface area is 118 Å². The first-order chi connectivity index (χ1) is 9.61. The summed E-state index contributed by atoms with van der Waals surface area (Å²) in [4.78, 5) is 23.2. The molecule has 20 heavy (non-hydrogen) atoms. The maximum Gasteiger partial charge on any atom is 0.228 e. The van der Waals surface area contributed by atoms with Crippen LogP contribution in [0.2, 0.25) is 0 Å². The van der Waals surface area contributed by atoms with Crippen LogP contribution in [0, 0.1) is 17.8 Å². The van der Waals surface area contributed by atoms with Crippen molar-refractivity contribution in [1.29, 1.82) is 0 Å². The SMILES string of the molecule is CC(=O)Nc1ccc(NC(=O)[C@@H]2C[C@@H]3C=C[C@H]2C3)cc1. The summed E-state index contributed by atoms with van der Waals surface area (Å²) in [6.45, 7) is 1.47. The Kier molecular flexibility index (Phi) is 3.30. The molecular formula is C16H18N2O2. The molecule has 0 radical (unpaired) electrons. The molecule has 4 heteroatoms. The highest BCUT2D eigenvalue weighted by Crippen LogP contribution is 2.43. The molecule has 2 aliphatic rings. The molecule has 1 saturated carbocycles. The van der Waals surface area contributed by atoms with E-state index in [9.17, 15) is 9.59 Å². The summed E-state index contributed by atoms with van der Waals surface area (Å²) >= 11 is 0. The minimum absolute atomic E-state index is 0.101. The molecule has 0 heterocycles. The first-order valence-corrected chi connectivity index (χ1v) is 6.98. The third-order valence-corrected chi connectivity index (χ3v) is 4.09. The fourth-order valence-corrected chi connectivity index (χ4v) is 3.16. The Hall–Kier alpha value is -2.10. The minimum atomic E-state index is -0.101. The molecule has 0 unspecified atom stereocenters. The van der Waals surface area contributed by atoms with Crippen LogP contribution in [0.25, 0.3) is 0 Å². The number of allylic oxidation sites excluding steroid dienone is 2. The van der Waals surface area contributed by atoms with Crippen LogP contribution in [0.5, 0.6) is 0 Å². The van der Waals surface area contributed by atoms with E-state index in [1.807, 2.05) is 12.1 Å². The Morgan fingerprint density at radius 1 is 1.00 bits per heavy atom. The number of anilines is 2. The summed E-state index contributed by atoms with van der Waals surface area (Å²) < 4.78 is 0. The zero-order chi connectivity index (χ0) is 14.1. The zero-order valence-corrected chi connectivity index (χ0v) is 11.4. The monoisotopic (exact) mass is 270 g/mol. The smallest absolute Gasteiger partial charge is 0.228 e. The normalized spacial score (nSPS) is 26.6. The first-order valence-electron chi connectivity index (χ1n) is 6.98. The number of carbonyl (C=O) groups excluding carboxylic acids is 2. The highest BCUT2D eigenvalue weighted by molar-refractivity contribution is 5.94. The van der Waals surface area contributed by atoms with Crippen molar-refractivity contribution in [2.75, 3.05) is 10.6 Å². The van der Waals surface area contributed by atoms with Gasteiger partial charge >= 0.3 is 0 Å². The number of rotatable bonds is 3. The van der Waals surface area contributed by atoms with Crippen LogP contribution in [-0.4, -0.2) is 11.8 Å². The standard InChI is InChI=1S/C16H18N2O2/c1-10(19)17-13-4-6-14(7-5-13)18-16(20)15-9-11-2-3-12(15)8-11/h2-7,11-12,15H,8-9H2,1H3,(H,17,19)(H,18,20)/t11-,12+,15-/m1/s1. The Morgan fingerprint density at radius 3 is 2.15 bits per heavy atom. The van der Waals surface area contributed by atoms with Crippen LogP contribution < -0.4 is 10.6 Å². The molecule has 4 nitrogen and oxygen atoms in total. The van der Waals surface area contributed by atoms with Crippen molar-refractivity contribution in [2.24, 2.45) is 17.8 Å². The number of carbonyl (C=O) groups is 2. The van der Waals surface area contributed by atoms with Gasteiger partial charge in [-0.05, 0) is 48.9 Å². The van der Waals surface area contributed by atoms with E-state index in [1.54, 1.807) is 12.1 Å². The lowest BCUT2D eigenvalue weighted by Crippen LogP contribution is -2.25. The van der Waals surface area contributed by atoms with E-state index in [0.29, 0.717) is 11.8 Å². The number of hydrogen-bond acceptors (Lipinski definition) is 2. The van der Waals surface area contributed by atoms with Gasteiger partial charge in [0, 0.05) is 24.2 Å². The molecule has 2 N–H and O–H groups in total. The van der Waals surface area contributed by atoms with Crippen molar-refractivity contribution in [2.45, 2.75) is 19.8 Å². The molecule has 2 amide bonds. The molecule has 0 spiro atoms. The van der Waals surface area contributed by atoms with E-state index in [0.717, 1.165) is 24.2 Å².